The fraction of sp³-hybridized carbons (Fsp3) is 0.533. The van der Waals surface area contributed by atoms with E-state index in [-0.39, 0.29) is 12.0 Å². The number of nitrogens with one attached hydrogen (secondary N) is 1. The lowest BCUT2D eigenvalue weighted by molar-refractivity contribution is -0.143. The number of carbonyl (C=O) groups excluding carboxylic acids is 2. The summed E-state index contributed by atoms with van der Waals surface area (Å²) in [5, 5.41) is 2.13. The summed E-state index contributed by atoms with van der Waals surface area (Å²) in [7, 11) is 2.03. The zero-order valence-electron chi connectivity index (χ0n) is 23.8. The Balaban J connectivity index is 1.78. The molecule has 1 fully saturated rings. The minimum atomic E-state index is -5.04. The van der Waals surface area contributed by atoms with E-state index in [1.165, 1.54) is 13.3 Å². The number of rotatable bonds is 9. The highest BCUT2D eigenvalue weighted by Gasteiger charge is 2.37. The van der Waals surface area contributed by atoms with Crippen LogP contribution in [0.2, 0.25) is 0 Å². The molecule has 1 unspecified atom stereocenters. The first kappa shape index (κ1) is 32.4. The molecule has 226 valence electrons. The number of amides is 2. The van der Waals surface area contributed by atoms with Gasteiger partial charge in [-0.1, -0.05) is 44.4 Å². The number of anilines is 2. The van der Waals surface area contributed by atoms with Crippen LogP contribution in [-0.2, 0) is 21.9 Å². The van der Waals surface area contributed by atoms with Crippen molar-refractivity contribution in [3.05, 3.63) is 58.7 Å². The molecule has 0 radical (unpaired) electrons. The van der Waals surface area contributed by atoms with E-state index in [1.807, 2.05) is 39.1 Å². The molecule has 3 rings (SSSR count). The van der Waals surface area contributed by atoms with Crippen molar-refractivity contribution in [2.75, 3.05) is 30.4 Å². The first-order chi connectivity index (χ1) is 19.1. The summed E-state index contributed by atoms with van der Waals surface area (Å²) in [5.74, 6) is -2.10. The Hall–Kier alpha value is -3.08. The number of hydrogen-bond donors (Lipinski definition) is 1. The zero-order chi connectivity index (χ0) is 30.5. The normalized spacial score (nSPS) is 15.6. The van der Waals surface area contributed by atoms with Crippen molar-refractivity contribution in [3.63, 3.8) is 0 Å². The average molecular weight is 586 g/mol. The lowest BCUT2D eigenvalue weighted by Gasteiger charge is -2.34. The van der Waals surface area contributed by atoms with Gasteiger partial charge in [-0.3, -0.25) is 9.59 Å². The molecule has 0 spiro atoms. The second-order valence-electron chi connectivity index (χ2n) is 11.0. The minimum Gasteiger partial charge on any atom is -0.326 e. The molecule has 0 saturated heterocycles. The Morgan fingerprint density at radius 2 is 1.44 bits per heavy atom. The first-order valence-corrected chi connectivity index (χ1v) is 13.7. The molecule has 0 heterocycles. The van der Waals surface area contributed by atoms with Crippen molar-refractivity contribution in [3.8, 4) is 0 Å². The molecule has 2 amide bonds. The number of likely N-dealkylation sites (N-methyl/N-ethyl adjacent to an activating group) is 1. The maximum Gasteiger partial charge on any atom is 0.416 e. The number of halogens is 6. The summed E-state index contributed by atoms with van der Waals surface area (Å²) >= 11 is 0. The molecular weight excluding hydrogens is 548 g/mol. The molecule has 11 heteroatoms. The van der Waals surface area contributed by atoms with E-state index in [9.17, 15) is 35.9 Å². The van der Waals surface area contributed by atoms with Crippen LogP contribution >= 0.6 is 0 Å². The molecule has 1 aliphatic rings. The summed E-state index contributed by atoms with van der Waals surface area (Å²) in [6.45, 7) is 6.27. The maximum atomic E-state index is 13.7. The van der Waals surface area contributed by atoms with E-state index in [2.05, 4.69) is 10.2 Å². The second-order valence-corrected chi connectivity index (χ2v) is 11.0. The Kier molecular flexibility index (Phi) is 10.5. The molecular formula is C30H37F6N3O2. The fourth-order valence-electron chi connectivity index (χ4n) is 5.40. The van der Waals surface area contributed by atoms with Crippen LogP contribution in [0.3, 0.4) is 0 Å². The summed E-state index contributed by atoms with van der Waals surface area (Å²) in [4.78, 5) is 30.4. The van der Waals surface area contributed by atoms with Crippen molar-refractivity contribution in [2.45, 2.75) is 77.7 Å². The molecule has 0 aromatic heterocycles. The Bertz CT molecular complexity index is 1170. The predicted octanol–water partition coefficient (Wildman–Crippen LogP) is 7.60. The van der Waals surface area contributed by atoms with Gasteiger partial charge in [0.25, 0.3) is 0 Å². The molecule has 2 aromatic carbocycles. The van der Waals surface area contributed by atoms with Gasteiger partial charge in [-0.05, 0) is 63.1 Å². The number of hydrogen-bond acceptors (Lipinski definition) is 3. The van der Waals surface area contributed by atoms with Gasteiger partial charge in [-0.25, -0.2) is 0 Å². The monoisotopic (exact) mass is 585 g/mol. The predicted molar refractivity (Wildman–Crippen MR) is 147 cm³/mol. The van der Waals surface area contributed by atoms with Crippen LogP contribution in [0.4, 0.5) is 37.7 Å². The summed E-state index contributed by atoms with van der Waals surface area (Å²) in [6.07, 6.45) is -4.77. The molecule has 41 heavy (non-hydrogen) atoms. The third-order valence-electron chi connectivity index (χ3n) is 7.63. The minimum absolute atomic E-state index is 0.00541. The first-order valence-electron chi connectivity index (χ1n) is 13.7. The summed E-state index contributed by atoms with van der Waals surface area (Å²) in [5.41, 5.74) is -1.23. The molecule has 1 saturated carbocycles. The number of carbonyl (C=O) groups is 2. The molecule has 0 bridgehead atoms. The van der Waals surface area contributed by atoms with Crippen LogP contribution in [0.1, 0.15) is 67.7 Å². The highest BCUT2D eigenvalue weighted by molar-refractivity contribution is 6.00. The molecule has 1 aliphatic carbocycles. The number of benzene rings is 2. The standard InChI is InChI=1S/C30H37F6N3O2/c1-19-9-8-10-20(2)27(19)39(14-13-38(4)25-11-6-5-7-12-25)28(41)21(3)15-26(40)37-24-17-22(29(31,32)33)16-23(18-24)30(34,35)36/h8-10,16-18,21,25H,5-7,11-15H2,1-4H3,(H,37,40). The largest absolute Gasteiger partial charge is 0.416 e. The van der Waals surface area contributed by atoms with Crippen LogP contribution < -0.4 is 10.2 Å². The van der Waals surface area contributed by atoms with E-state index in [0.29, 0.717) is 31.3 Å². The van der Waals surface area contributed by atoms with Gasteiger partial charge < -0.3 is 15.1 Å². The Morgan fingerprint density at radius 1 is 0.902 bits per heavy atom. The Labute approximate surface area is 236 Å². The quantitative estimate of drug-likeness (QED) is 0.309. The smallest absolute Gasteiger partial charge is 0.326 e. The van der Waals surface area contributed by atoms with Gasteiger partial charge in [0.2, 0.25) is 11.8 Å². The van der Waals surface area contributed by atoms with Crippen molar-refractivity contribution in [2.24, 2.45) is 5.92 Å². The van der Waals surface area contributed by atoms with E-state index in [1.54, 1.807) is 4.90 Å². The Morgan fingerprint density at radius 3 is 1.95 bits per heavy atom. The van der Waals surface area contributed by atoms with Crippen molar-refractivity contribution in [1.82, 2.24) is 4.90 Å². The molecule has 1 atom stereocenters. The molecule has 5 nitrogen and oxygen atoms in total. The van der Waals surface area contributed by atoms with Crippen molar-refractivity contribution < 1.29 is 35.9 Å². The van der Waals surface area contributed by atoms with Crippen LogP contribution in [-0.4, -0.2) is 42.9 Å². The second kappa shape index (κ2) is 13.3. The SMILES string of the molecule is Cc1cccc(C)c1N(CCN(C)C1CCCCC1)C(=O)C(C)CC(=O)Nc1cc(C(F)(F)F)cc(C(F)(F)F)c1. The molecule has 2 aromatic rings. The third kappa shape index (κ3) is 8.70. The topological polar surface area (TPSA) is 52.7 Å². The third-order valence-corrected chi connectivity index (χ3v) is 7.63. The zero-order valence-corrected chi connectivity index (χ0v) is 23.8. The van der Waals surface area contributed by atoms with Gasteiger partial charge in [-0.2, -0.15) is 26.3 Å². The van der Waals surface area contributed by atoms with E-state index in [0.717, 1.165) is 42.5 Å². The van der Waals surface area contributed by atoms with Crippen LogP contribution in [0.15, 0.2) is 36.4 Å². The molecule has 1 N–H and O–H groups in total. The van der Waals surface area contributed by atoms with Gasteiger partial charge in [0, 0.05) is 42.8 Å². The average Bonchev–Trinajstić information content (AvgIpc) is 2.89. The highest BCUT2D eigenvalue weighted by Crippen LogP contribution is 2.37. The number of alkyl halides is 6. The highest BCUT2D eigenvalue weighted by atomic mass is 19.4. The van der Waals surface area contributed by atoms with E-state index in [4.69, 9.17) is 0 Å². The van der Waals surface area contributed by atoms with Crippen molar-refractivity contribution >= 4 is 23.2 Å². The van der Waals surface area contributed by atoms with E-state index < -0.39 is 47.4 Å². The summed E-state index contributed by atoms with van der Waals surface area (Å²) in [6, 6.07) is 6.97. The van der Waals surface area contributed by atoms with Gasteiger partial charge in [0.15, 0.2) is 0 Å². The molecule has 0 aliphatic heterocycles. The van der Waals surface area contributed by atoms with Gasteiger partial charge >= 0.3 is 12.4 Å². The maximum absolute atomic E-state index is 13.7. The fourth-order valence-corrected chi connectivity index (χ4v) is 5.40. The van der Waals surface area contributed by atoms with Gasteiger partial charge in [0.05, 0.1) is 11.1 Å². The van der Waals surface area contributed by atoms with Crippen LogP contribution in [0.5, 0.6) is 0 Å². The van der Waals surface area contributed by atoms with Crippen LogP contribution in [0, 0.1) is 19.8 Å². The number of nitrogens with zero attached hydrogens (tertiary/aromatic N) is 2. The van der Waals surface area contributed by atoms with Gasteiger partial charge in [0.1, 0.15) is 0 Å². The van der Waals surface area contributed by atoms with Crippen molar-refractivity contribution in [1.29, 1.82) is 0 Å². The lowest BCUT2D eigenvalue weighted by Crippen LogP contribution is -2.44. The van der Waals surface area contributed by atoms with E-state index >= 15 is 0 Å². The van der Waals surface area contributed by atoms with Crippen LogP contribution in [0.25, 0.3) is 0 Å². The van der Waals surface area contributed by atoms with Gasteiger partial charge in [-0.15, -0.1) is 0 Å². The number of para-hydroxylation sites is 1. The number of aryl methyl sites for hydroxylation is 2. The summed E-state index contributed by atoms with van der Waals surface area (Å²) < 4.78 is 79.3. The lowest BCUT2D eigenvalue weighted by atomic mass is 9.94.